The number of nitrogens with one attached hydrogen (secondary N) is 15. The second-order valence-corrected chi connectivity index (χ2v) is 37.6. The van der Waals surface area contributed by atoms with Gasteiger partial charge in [-0.05, 0) is 85.0 Å². The third kappa shape index (κ3) is 33.1. The minimum Gasteiger partial charge on any atom is -0.481 e. The number of hydrogen-bond donors (Lipinski definition) is 31. The quantitative estimate of drug-likeness (QED) is 0.0164. The van der Waals surface area contributed by atoms with Crippen LogP contribution in [0.5, 0.6) is 0 Å². The average Bonchev–Trinajstić information content (AvgIpc) is 1.34. The van der Waals surface area contributed by atoms with E-state index in [1.165, 1.54) is 45.2 Å². The molecule has 0 spiro atoms. The second-order valence-electron chi connectivity index (χ2n) is 37.6. The summed E-state index contributed by atoms with van der Waals surface area (Å²) in [6.45, 7) is 3.12. The standard InChI is InChI=1S/C88H143N23O39/c1-34(2)57(106-55(121)27-95-72(131)43(89)23-42-25-93-33-97-42)78(137)108-59(38(6)144-86-62(102-41(9)119)71(66(127)53(32-116)147-86)150-87-69(130)68(129)64(125)51(30-114)148-87)80(139)105-46(28-112)74(133)98-35(3)81(140)110-21-13-18-49(110)77(136)104-45(24-56(122)123)73(132)107-58(37(5)143-85-61(101-40(8)118)70(65(126)52(31-115)146-85)149-84-60(100-39(7)117)67(128)63(124)50(29-113)145-84)79(138)103-44(15-11-19-94-88(90)91)83(142)111-22-14-17-48(111)76(135)99-36(4)82(141)109-20-12-16-47(109)75(134)96-26-54(120)92-10/h25,33-38,43-53,57-71,84-87,112-116,124-130H,11-24,26-32,89H2,1-10H3,(H,92,120)(H,93,97)(H,95,131)(H,96,134)(H,98,133)(H,99,135)(H,100,117)(H,101,118)(H,102,119)(H,103,138)(H,104,136)(H,105,139)(H,106,121)(H,107,132)(H,108,137)(H,122,123)(H4,90,91,94)/t35?,36?,37?,38?,43?,44?,45?,46?,47?,48?,49?,50-,51-,52-,53-,57?,58?,59?,60?,61?,62?,63-,64-,65-,66-,67?,68?,69?,70?,71?,84-,85+,86+,87-/m1/s1. The molecule has 1 aromatic rings. The molecule has 7 saturated heterocycles. The number of carboxylic acid groups (broad SMARTS) is 1. The molecular formula is C88H143N23O39. The molecule has 8 rings (SSSR count). The van der Waals surface area contributed by atoms with Crippen LogP contribution in [0.25, 0.3) is 0 Å². The van der Waals surface area contributed by atoms with Gasteiger partial charge in [-0.2, -0.15) is 0 Å². The van der Waals surface area contributed by atoms with Gasteiger partial charge in [-0.15, -0.1) is 0 Å². The van der Waals surface area contributed by atoms with Crippen LogP contribution < -0.4 is 91.6 Å². The van der Waals surface area contributed by atoms with Crippen molar-refractivity contribution in [1.29, 1.82) is 0 Å². The molecule has 62 nitrogen and oxygen atoms in total. The number of aliphatic carboxylic acids is 1. The number of amides is 17. The molecule has 7 aliphatic rings. The van der Waals surface area contributed by atoms with E-state index < -0.39 is 385 Å². The third-order valence-corrected chi connectivity index (χ3v) is 26.0. The summed E-state index contributed by atoms with van der Waals surface area (Å²) in [5.74, 6) is -20.7. The molecule has 7 fully saturated rings. The molecule has 0 bridgehead atoms. The zero-order valence-electron chi connectivity index (χ0n) is 84.1. The van der Waals surface area contributed by atoms with E-state index in [-0.39, 0.29) is 71.1 Å². The first-order chi connectivity index (χ1) is 70.8. The fourth-order valence-electron chi connectivity index (χ4n) is 18.1. The van der Waals surface area contributed by atoms with E-state index in [1.54, 1.807) is 0 Å². The summed E-state index contributed by atoms with van der Waals surface area (Å²) >= 11 is 0. The molecular weight excluding hydrogens is 2000 g/mol. The summed E-state index contributed by atoms with van der Waals surface area (Å²) in [5, 5.41) is 175. The Morgan fingerprint density at radius 2 is 0.907 bits per heavy atom. The van der Waals surface area contributed by atoms with E-state index in [0.29, 0.717) is 12.1 Å². The molecule has 844 valence electrons. The van der Waals surface area contributed by atoms with Crippen LogP contribution in [0.4, 0.5) is 0 Å². The predicted molar refractivity (Wildman–Crippen MR) is 504 cm³/mol. The van der Waals surface area contributed by atoms with Gasteiger partial charge in [-0.1, -0.05) is 13.8 Å². The zero-order chi connectivity index (χ0) is 111. The number of aliphatic imine (C=N–C) groups is 1. The number of H-pyrrole nitrogens is 1. The maximum atomic E-state index is 15.7. The van der Waals surface area contributed by atoms with E-state index in [9.17, 15) is 134 Å². The van der Waals surface area contributed by atoms with Crippen LogP contribution in [-0.4, -0.2) is 490 Å². The Hall–Kier alpha value is -11.9. The lowest BCUT2D eigenvalue weighted by molar-refractivity contribution is -0.347. The number of carbonyl (C=O) groups is 18. The van der Waals surface area contributed by atoms with Crippen LogP contribution in [0, 0.1) is 5.92 Å². The van der Waals surface area contributed by atoms with Crippen molar-refractivity contribution in [1.82, 2.24) is 99.1 Å². The maximum absolute atomic E-state index is 15.7. The number of likely N-dealkylation sites (tertiary alicyclic amines) is 3. The lowest BCUT2D eigenvalue weighted by atomic mass is 9.94. The van der Waals surface area contributed by atoms with E-state index in [4.69, 9.17) is 55.1 Å². The van der Waals surface area contributed by atoms with Gasteiger partial charge in [0.25, 0.3) is 0 Å². The Labute approximate surface area is 858 Å². The molecule has 150 heavy (non-hydrogen) atoms. The second kappa shape index (κ2) is 57.5. The van der Waals surface area contributed by atoms with Crippen molar-refractivity contribution in [3.8, 4) is 0 Å². The first-order valence-electron chi connectivity index (χ1n) is 48.8. The number of nitrogens with two attached hydrogens (primary N) is 3. The predicted octanol–water partition coefficient (Wildman–Crippen LogP) is -18.2. The Kier molecular flexibility index (Phi) is 47.3. The van der Waals surface area contributed by atoms with Crippen molar-refractivity contribution in [2.24, 2.45) is 28.1 Å². The molecule has 34 atom stereocenters. The van der Waals surface area contributed by atoms with Gasteiger partial charge >= 0.3 is 5.97 Å². The van der Waals surface area contributed by atoms with Crippen LogP contribution in [-0.2, 0) is 131 Å². The number of ether oxygens (including phenoxy) is 8. The van der Waals surface area contributed by atoms with Gasteiger partial charge in [0.05, 0.1) is 77.1 Å². The topological polar surface area (TPSA) is 941 Å². The van der Waals surface area contributed by atoms with Gasteiger partial charge in [-0.3, -0.25) is 91.3 Å². The first kappa shape index (κ1) is 123. The van der Waals surface area contributed by atoms with E-state index >= 15 is 19.2 Å². The number of imidazole rings is 1. The summed E-state index contributed by atoms with van der Waals surface area (Å²) in [7, 11) is 1.35. The molecule has 17 amide bonds. The number of likely N-dealkylation sites (N-methyl/N-ethyl adjacent to an activating group) is 1. The van der Waals surface area contributed by atoms with Gasteiger partial charge in [0.1, 0.15) is 164 Å². The SMILES string of the molecule is CNC(=O)CNC(=O)C1CCCN1C(=O)C(C)NC(=O)C1CCCN1C(=O)C(CCCN=C(N)N)NC(=O)C(NC(=O)C(CC(=O)O)NC(=O)C1CCCN1C(=O)C(C)NC(=O)C(CO)NC(=O)C(NC(=O)C(NC(=O)CNC(=O)C(N)Cc1cnc[nH]1)C(C)C)C(C)O[C@H]1O[C@H](CO)[C@@H](O)C(O[C@H]2O[C@H](CO)[C@@H](O)C(O)C2O)C1NC(C)=O)C(C)O[C@H]1O[C@H](CO)[C@@H](O)C(O[C@H]2O[C@H](CO)[C@@H](O)C(O)C2NC(C)=O)C1NC(C)=O. The number of aromatic nitrogens is 2. The highest BCUT2D eigenvalue weighted by Crippen LogP contribution is 2.35. The highest BCUT2D eigenvalue weighted by molar-refractivity contribution is 6.01. The molecule has 7 aliphatic heterocycles. The number of hydrogen-bond acceptors (Lipinski definition) is 41. The van der Waals surface area contributed by atoms with E-state index in [1.807, 2.05) is 0 Å². The van der Waals surface area contributed by atoms with Crippen molar-refractivity contribution < 1.29 is 191 Å². The first-order valence-corrected chi connectivity index (χ1v) is 48.8. The van der Waals surface area contributed by atoms with E-state index in [0.717, 1.165) is 51.3 Å². The Balaban J connectivity index is 1.08. The number of carboxylic acids is 1. The molecule has 8 heterocycles. The molecule has 34 N–H and O–H groups in total. The van der Waals surface area contributed by atoms with Crippen LogP contribution in [0.15, 0.2) is 17.5 Å². The highest BCUT2D eigenvalue weighted by atomic mass is 16.7. The largest absolute Gasteiger partial charge is 0.481 e. The maximum Gasteiger partial charge on any atom is 0.305 e. The average molecular weight is 2150 g/mol. The molecule has 1 aromatic heterocycles. The van der Waals surface area contributed by atoms with Crippen molar-refractivity contribution in [2.75, 3.05) is 79.4 Å². The van der Waals surface area contributed by atoms with Gasteiger partial charge in [-0.25, -0.2) is 4.98 Å². The van der Waals surface area contributed by atoms with Crippen LogP contribution in [0.1, 0.15) is 126 Å². The molecule has 0 radical (unpaired) electrons. The highest BCUT2D eigenvalue weighted by Gasteiger charge is 2.57. The van der Waals surface area contributed by atoms with Crippen molar-refractivity contribution in [2.45, 2.75) is 334 Å². The van der Waals surface area contributed by atoms with Crippen LogP contribution >= 0.6 is 0 Å². The lowest BCUT2D eigenvalue weighted by Crippen LogP contribution is -2.70. The molecule has 0 aliphatic carbocycles. The summed E-state index contributed by atoms with van der Waals surface area (Å²) in [6.07, 6.45) is -35.7. The third-order valence-electron chi connectivity index (χ3n) is 26.0. The molecule has 0 saturated carbocycles. The number of aromatic amines is 1. The van der Waals surface area contributed by atoms with Gasteiger partial charge < -0.3 is 216 Å². The zero-order valence-corrected chi connectivity index (χ0v) is 84.1. The smallest absolute Gasteiger partial charge is 0.305 e. The van der Waals surface area contributed by atoms with Crippen molar-refractivity contribution in [3.63, 3.8) is 0 Å². The Morgan fingerprint density at radius 3 is 1.38 bits per heavy atom. The fourth-order valence-corrected chi connectivity index (χ4v) is 18.1. The van der Waals surface area contributed by atoms with Gasteiger partial charge in [0.15, 0.2) is 31.1 Å². The van der Waals surface area contributed by atoms with Crippen molar-refractivity contribution >= 4 is 112 Å². The minimum atomic E-state index is -2.34. The normalized spacial score (nSPS) is 28.9. The number of nitrogens with zero attached hydrogens (tertiary/aromatic N) is 5. The Bertz CT molecular complexity index is 4820. The summed E-state index contributed by atoms with van der Waals surface area (Å²) in [6, 6.07) is -26.3. The number of aliphatic hydroxyl groups is 12. The lowest BCUT2D eigenvalue weighted by Gasteiger charge is -2.48. The van der Waals surface area contributed by atoms with Crippen LogP contribution in [0.2, 0.25) is 0 Å². The van der Waals surface area contributed by atoms with E-state index in [2.05, 4.69) is 89.4 Å². The molecule has 22 unspecified atom stereocenters. The number of aliphatic hydroxyl groups excluding tert-OH is 12. The summed E-state index contributed by atoms with van der Waals surface area (Å²) in [5.41, 5.74) is 17.8. The monoisotopic (exact) mass is 2150 g/mol. The summed E-state index contributed by atoms with van der Waals surface area (Å²) < 4.78 is 48.0. The molecule has 0 aromatic carbocycles. The van der Waals surface area contributed by atoms with Gasteiger partial charge in [0.2, 0.25) is 100 Å². The number of guanidine groups is 1. The Morgan fingerprint density at radius 1 is 0.473 bits per heavy atom. The van der Waals surface area contributed by atoms with Crippen LogP contribution in [0.3, 0.4) is 0 Å². The van der Waals surface area contributed by atoms with Gasteiger partial charge in [0, 0.05) is 72.3 Å². The van der Waals surface area contributed by atoms with Crippen molar-refractivity contribution in [3.05, 3.63) is 18.2 Å². The fraction of sp³-hybridized carbons (Fsp3) is 0.750. The minimum absolute atomic E-state index is 0.0254. The number of rotatable bonds is 51. The summed E-state index contributed by atoms with van der Waals surface area (Å²) in [4.78, 5) is 267. The number of carbonyl (C=O) groups excluding carboxylic acids is 17. The molecule has 62 heteroatoms.